The predicted molar refractivity (Wildman–Crippen MR) is 97.7 cm³/mol. The van der Waals surface area contributed by atoms with E-state index < -0.39 is 0 Å². The van der Waals surface area contributed by atoms with Gasteiger partial charge in [-0.25, -0.2) is 0 Å². The standard InChI is InChI=1S/C20H34N2O/c1-19(2)12-8-13-20(3,4)22(19)16-18(23)15-21-14-11-17-9-6-5-7-10-17/h5-7,9-10,18,21,23H,8,11-16H2,1-4H3. The zero-order chi connectivity index (χ0) is 16.9. The highest BCUT2D eigenvalue weighted by Crippen LogP contribution is 2.37. The Bertz CT molecular complexity index is 454. The lowest BCUT2D eigenvalue weighted by Crippen LogP contribution is -2.61. The van der Waals surface area contributed by atoms with Crippen LogP contribution >= 0.6 is 0 Å². The summed E-state index contributed by atoms with van der Waals surface area (Å²) in [5.74, 6) is 0. The van der Waals surface area contributed by atoms with Gasteiger partial charge in [0.05, 0.1) is 6.10 Å². The molecule has 1 saturated heterocycles. The molecule has 1 atom stereocenters. The number of aliphatic hydroxyl groups is 1. The molecule has 1 unspecified atom stereocenters. The molecule has 1 aliphatic heterocycles. The summed E-state index contributed by atoms with van der Waals surface area (Å²) in [5.41, 5.74) is 1.69. The number of nitrogens with zero attached hydrogens (tertiary/aromatic N) is 1. The van der Waals surface area contributed by atoms with E-state index in [-0.39, 0.29) is 17.2 Å². The summed E-state index contributed by atoms with van der Waals surface area (Å²) in [6, 6.07) is 10.5. The normalized spacial score (nSPS) is 22.0. The van der Waals surface area contributed by atoms with E-state index >= 15 is 0 Å². The van der Waals surface area contributed by atoms with Crippen LogP contribution in [0.1, 0.15) is 52.5 Å². The van der Waals surface area contributed by atoms with Gasteiger partial charge in [0.25, 0.3) is 0 Å². The van der Waals surface area contributed by atoms with Gasteiger partial charge in [-0.1, -0.05) is 30.3 Å². The molecule has 0 saturated carbocycles. The first-order valence-electron chi connectivity index (χ1n) is 9.02. The first-order chi connectivity index (χ1) is 10.8. The second kappa shape index (κ2) is 7.78. The van der Waals surface area contributed by atoms with E-state index in [1.54, 1.807) is 0 Å². The highest BCUT2D eigenvalue weighted by Gasteiger charge is 2.41. The van der Waals surface area contributed by atoms with Crippen molar-refractivity contribution in [2.45, 2.75) is 70.6 Å². The lowest BCUT2D eigenvalue weighted by Gasteiger charge is -2.53. The summed E-state index contributed by atoms with van der Waals surface area (Å²) in [4.78, 5) is 2.51. The molecule has 0 spiro atoms. The summed E-state index contributed by atoms with van der Waals surface area (Å²) in [6.07, 6.45) is 4.40. The number of aliphatic hydroxyl groups excluding tert-OH is 1. The van der Waals surface area contributed by atoms with Crippen LogP contribution in [0.15, 0.2) is 30.3 Å². The van der Waals surface area contributed by atoms with Gasteiger partial charge >= 0.3 is 0 Å². The highest BCUT2D eigenvalue weighted by molar-refractivity contribution is 5.14. The number of hydrogen-bond donors (Lipinski definition) is 2. The third-order valence-electron chi connectivity index (χ3n) is 5.25. The second-order valence-corrected chi connectivity index (χ2v) is 8.18. The third-order valence-corrected chi connectivity index (χ3v) is 5.25. The van der Waals surface area contributed by atoms with Crippen LogP contribution in [0.2, 0.25) is 0 Å². The Hall–Kier alpha value is -0.900. The van der Waals surface area contributed by atoms with Crippen LogP contribution in [0, 0.1) is 0 Å². The van der Waals surface area contributed by atoms with E-state index in [1.165, 1.54) is 24.8 Å². The van der Waals surface area contributed by atoms with Gasteiger partial charge in [0.2, 0.25) is 0 Å². The molecule has 0 aromatic heterocycles. The number of rotatable bonds is 7. The predicted octanol–water partition coefficient (Wildman–Crippen LogP) is 3.22. The summed E-state index contributed by atoms with van der Waals surface area (Å²) in [6.45, 7) is 11.6. The number of likely N-dealkylation sites (tertiary alicyclic amines) is 1. The average molecular weight is 319 g/mol. The largest absolute Gasteiger partial charge is 0.390 e. The minimum absolute atomic E-state index is 0.173. The van der Waals surface area contributed by atoms with Gasteiger partial charge in [0.15, 0.2) is 0 Å². The van der Waals surface area contributed by atoms with Gasteiger partial charge in [0, 0.05) is 24.2 Å². The first-order valence-corrected chi connectivity index (χ1v) is 9.02. The highest BCUT2D eigenvalue weighted by atomic mass is 16.3. The molecular weight excluding hydrogens is 284 g/mol. The van der Waals surface area contributed by atoms with Crippen molar-refractivity contribution in [2.75, 3.05) is 19.6 Å². The van der Waals surface area contributed by atoms with Crippen molar-refractivity contribution in [3.05, 3.63) is 35.9 Å². The molecule has 0 amide bonds. The molecule has 2 rings (SSSR count). The Morgan fingerprint density at radius 3 is 2.30 bits per heavy atom. The van der Waals surface area contributed by atoms with Crippen LogP contribution in [-0.2, 0) is 6.42 Å². The van der Waals surface area contributed by atoms with Crippen molar-refractivity contribution in [2.24, 2.45) is 0 Å². The van der Waals surface area contributed by atoms with Crippen LogP contribution in [-0.4, -0.2) is 46.8 Å². The maximum Gasteiger partial charge on any atom is 0.0791 e. The van der Waals surface area contributed by atoms with E-state index in [2.05, 4.69) is 62.2 Å². The topological polar surface area (TPSA) is 35.5 Å². The molecule has 1 heterocycles. The molecule has 0 bridgehead atoms. The fourth-order valence-corrected chi connectivity index (χ4v) is 3.96. The SMILES string of the molecule is CC1(C)CCCC(C)(C)N1CC(O)CNCCc1ccccc1. The molecule has 3 nitrogen and oxygen atoms in total. The van der Waals surface area contributed by atoms with Crippen LogP contribution in [0.4, 0.5) is 0 Å². The average Bonchev–Trinajstić information content (AvgIpc) is 2.48. The van der Waals surface area contributed by atoms with E-state index in [0.717, 1.165) is 19.5 Å². The molecule has 0 aliphatic carbocycles. The molecule has 1 aliphatic rings. The van der Waals surface area contributed by atoms with E-state index in [4.69, 9.17) is 0 Å². The molecule has 23 heavy (non-hydrogen) atoms. The minimum atomic E-state index is -0.317. The third kappa shape index (κ3) is 5.30. The molecule has 0 radical (unpaired) electrons. The summed E-state index contributed by atoms with van der Waals surface area (Å²) < 4.78 is 0. The zero-order valence-corrected chi connectivity index (χ0v) is 15.3. The van der Waals surface area contributed by atoms with E-state index in [9.17, 15) is 5.11 Å². The second-order valence-electron chi connectivity index (χ2n) is 8.18. The van der Waals surface area contributed by atoms with Crippen LogP contribution in [0.25, 0.3) is 0 Å². The Morgan fingerprint density at radius 2 is 1.70 bits per heavy atom. The number of hydrogen-bond acceptors (Lipinski definition) is 3. The molecule has 2 N–H and O–H groups in total. The Morgan fingerprint density at radius 1 is 1.09 bits per heavy atom. The quantitative estimate of drug-likeness (QED) is 0.758. The maximum atomic E-state index is 10.5. The summed E-state index contributed by atoms with van der Waals surface area (Å²) >= 11 is 0. The molecule has 3 heteroatoms. The van der Waals surface area contributed by atoms with Crippen LogP contribution in [0.5, 0.6) is 0 Å². The summed E-state index contributed by atoms with van der Waals surface area (Å²) in [7, 11) is 0. The molecule has 1 aromatic carbocycles. The van der Waals surface area contributed by atoms with Gasteiger partial charge in [-0.15, -0.1) is 0 Å². The summed E-state index contributed by atoms with van der Waals surface area (Å²) in [5, 5.41) is 13.9. The monoisotopic (exact) mass is 318 g/mol. The Balaban J connectivity index is 1.76. The van der Waals surface area contributed by atoms with Crippen molar-refractivity contribution in [1.29, 1.82) is 0 Å². The van der Waals surface area contributed by atoms with Gasteiger partial charge in [-0.3, -0.25) is 4.90 Å². The van der Waals surface area contributed by atoms with Crippen molar-refractivity contribution in [1.82, 2.24) is 10.2 Å². The van der Waals surface area contributed by atoms with Crippen molar-refractivity contribution in [3.63, 3.8) is 0 Å². The van der Waals surface area contributed by atoms with Gasteiger partial charge in [-0.05, 0) is 65.5 Å². The zero-order valence-electron chi connectivity index (χ0n) is 15.3. The van der Waals surface area contributed by atoms with E-state index in [0.29, 0.717) is 6.54 Å². The fourth-order valence-electron chi connectivity index (χ4n) is 3.96. The molecule has 1 aromatic rings. The maximum absolute atomic E-state index is 10.5. The minimum Gasteiger partial charge on any atom is -0.390 e. The fraction of sp³-hybridized carbons (Fsp3) is 0.700. The van der Waals surface area contributed by atoms with Crippen molar-refractivity contribution >= 4 is 0 Å². The van der Waals surface area contributed by atoms with E-state index in [1.807, 2.05) is 6.07 Å². The smallest absolute Gasteiger partial charge is 0.0791 e. The van der Waals surface area contributed by atoms with Crippen molar-refractivity contribution < 1.29 is 5.11 Å². The van der Waals surface area contributed by atoms with Crippen molar-refractivity contribution in [3.8, 4) is 0 Å². The number of β-amino-alcohol motifs (C(OH)–C–C–N with tert-alkyl or cyclic N) is 1. The van der Waals surface area contributed by atoms with Gasteiger partial charge in [-0.2, -0.15) is 0 Å². The Labute approximate surface area is 142 Å². The van der Waals surface area contributed by atoms with Crippen LogP contribution in [0.3, 0.4) is 0 Å². The molecule has 130 valence electrons. The lowest BCUT2D eigenvalue weighted by atomic mass is 9.79. The van der Waals surface area contributed by atoms with Gasteiger partial charge < -0.3 is 10.4 Å². The number of piperidine rings is 1. The Kier molecular flexibility index (Phi) is 6.24. The number of nitrogens with one attached hydrogen (secondary N) is 1. The molecule has 1 fully saturated rings. The lowest BCUT2D eigenvalue weighted by molar-refractivity contribution is -0.0534. The number of benzene rings is 1. The first kappa shape index (κ1) is 18.4. The van der Waals surface area contributed by atoms with Gasteiger partial charge in [0.1, 0.15) is 0 Å². The molecular formula is C20H34N2O. The van der Waals surface area contributed by atoms with Crippen LogP contribution < -0.4 is 5.32 Å².